The first-order chi connectivity index (χ1) is 10.4. The summed E-state index contributed by atoms with van der Waals surface area (Å²) < 4.78 is 0.0980. The molecule has 0 radical (unpaired) electrons. The van der Waals surface area contributed by atoms with E-state index in [1.54, 1.807) is 11.8 Å². The second-order valence-electron chi connectivity index (χ2n) is 6.02. The lowest BCUT2D eigenvalue weighted by Gasteiger charge is -2.17. The maximum atomic E-state index is 11.9. The van der Waals surface area contributed by atoms with Crippen LogP contribution in [-0.4, -0.2) is 16.4 Å². The van der Waals surface area contributed by atoms with Crippen molar-refractivity contribution in [2.45, 2.75) is 25.5 Å². The highest BCUT2D eigenvalue weighted by Gasteiger charge is 2.13. The molecule has 0 aliphatic heterocycles. The normalized spacial score (nSPS) is 11.0. The summed E-state index contributed by atoms with van der Waals surface area (Å²) in [4.78, 5) is 11.9. The van der Waals surface area contributed by atoms with Crippen LogP contribution in [0.15, 0.2) is 54.6 Å². The summed E-state index contributed by atoms with van der Waals surface area (Å²) in [6.07, 6.45) is 0. The van der Waals surface area contributed by atoms with E-state index < -0.39 is 0 Å². The number of carbonyl (C=O) groups excluding carboxylic acids is 1. The van der Waals surface area contributed by atoms with Crippen LogP contribution in [0.3, 0.4) is 0 Å². The van der Waals surface area contributed by atoms with E-state index in [9.17, 15) is 4.79 Å². The van der Waals surface area contributed by atoms with Crippen molar-refractivity contribution < 1.29 is 4.79 Å². The monoisotopic (exact) mass is 314 g/mol. The number of hydrogen-bond acceptors (Lipinski definition) is 3. The first kappa shape index (κ1) is 16.4. The summed E-state index contributed by atoms with van der Waals surface area (Å²) in [5.41, 5.74) is 2.85. The lowest BCUT2D eigenvalue weighted by molar-refractivity contribution is -0.113. The Morgan fingerprint density at radius 2 is 1.45 bits per heavy atom. The second-order valence-corrected chi connectivity index (χ2v) is 7.82. The molecule has 3 nitrogen and oxygen atoms in total. The fourth-order valence-electron chi connectivity index (χ4n) is 1.80. The average Bonchev–Trinajstić information content (AvgIpc) is 2.48. The Hall–Kier alpha value is -1.94. The molecular formula is C18H22N2OS. The lowest BCUT2D eigenvalue weighted by Crippen LogP contribution is -2.18. The van der Waals surface area contributed by atoms with Gasteiger partial charge >= 0.3 is 0 Å². The quantitative estimate of drug-likeness (QED) is 0.824. The van der Waals surface area contributed by atoms with Crippen LogP contribution in [0.4, 0.5) is 17.1 Å². The van der Waals surface area contributed by atoms with Crippen molar-refractivity contribution in [2.24, 2.45) is 0 Å². The van der Waals surface area contributed by atoms with Gasteiger partial charge in [0.1, 0.15) is 0 Å². The highest BCUT2D eigenvalue weighted by molar-refractivity contribution is 8.01. The number of benzene rings is 2. The van der Waals surface area contributed by atoms with Crippen LogP contribution in [-0.2, 0) is 4.79 Å². The highest BCUT2D eigenvalue weighted by Crippen LogP contribution is 2.23. The summed E-state index contributed by atoms with van der Waals surface area (Å²) in [5.74, 6) is 0.497. The van der Waals surface area contributed by atoms with Crippen LogP contribution in [0.25, 0.3) is 0 Å². The van der Waals surface area contributed by atoms with Crippen LogP contribution in [0.1, 0.15) is 20.8 Å². The predicted molar refractivity (Wildman–Crippen MR) is 97.0 cm³/mol. The van der Waals surface area contributed by atoms with E-state index in [1.807, 2.05) is 54.6 Å². The van der Waals surface area contributed by atoms with Crippen molar-refractivity contribution in [3.63, 3.8) is 0 Å². The number of anilines is 3. The van der Waals surface area contributed by atoms with Crippen molar-refractivity contribution in [1.82, 2.24) is 0 Å². The van der Waals surface area contributed by atoms with Crippen molar-refractivity contribution in [3.8, 4) is 0 Å². The summed E-state index contributed by atoms with van der Waals surface area (Å²) in [7, 11) is 0. The Kier molecular flexibility index (Phi) is 5.50. The number of rotatable bonds is 5. The van der Waals surface area contributed by atoms with Crippen LogP contribution in [0.2, 0.25) is 0 Å². The first-order valence-electron chi connectivity index (χ1n) is 7.28. The van der Waals surface area contributed by atoms with Gasteiger partial charge in [-0.15, -0.1) is 11.8 Å². The van der Waals surface area contributed by atoms with E-state index >= 15 is 0 Å². The minimum absolute atomic E-state index is 0.0312. The third kappa shape index (κ3) is 5.82. The molecular weight excluding hydrogens is 292 g/mol. The van der Waals surface area contributed by atoms with Gasteiger partial charge in [-0.3, -0.25) is 4.79 Å². The van der Waals surface area contributed by atoms with Gasteiger partial charge in [0.05, 0.1) is 5.75 Å². The van der Waals surface area contributed by atoms with Crippen LogP contribution < -0.4 is 10.6 Å². The van der Waals surface area contributed by atoms with E-state index in [1.165, 1.54) is 0 Å². The number of thioether (sulfide) groups is 1. The van der Waals surface area contributed by atoms with Crippen LogP contribution in [0, 0.1) is 0 Å². The Balaban J connectivity index is 1.88. The Morgan fingerprint density at radius 1 is 0.909 bits per heavy atom. The molecule has 116 valence electrons. The molecule has 0 heterocycles. The van der Waals surface area contributed by atoms with Crippen LogP contribution >= 0.6 is 11.8 Å². The standard InChI is InChI=1S/C18H22N2OS/c1-18(2,3)22-13-17(21)20-16-11-9-15(10-12-16)19-14-7-5-4-6-8-14/h4-12,19H,13H2,1-3H3,(H,20,21). The molecule has 0 aliphatic rings. The topological polar surface area (TPSA) is 41.1 Å². The summed E-state index contributed by atoms with van der Waals surface area (Å²) in [6, 6.07) is 17.7. The third-order valence-corrected chi connectivity index (χ3v) is 4.14. The molecule has 0 aliphatic carbocycles. The maximum absolute atomic E-state index is 11.9. The van der Waals surface area contributed by atoms with E-state index in [0.29, 0.717) is 5.75 Å². The van der Waals surface area contributed by atoms with E-state index in [-0.39, 0.29) is 10.7 Å². The fraction of sp³-hybridized carbons (Fsp3) is 0.278. The number of amides is 1. The van der Waals surface area contributed by atoms with E-state index in [4.69, 9.17) is 0 Å². The Bertz CT molecular complexity index is 603. The molecule has 0 saturated carbocycles. The highest BCUT2D eigenvalue weighted by atomic mass is 32.2. The zero-order valence-electron chi connectivity index (χ0n) is 13.2. The van der Waals surface area contributed by atoms with Crippen molar-refractivity contribution >= 4 is 34.7 Å². The van der Waals surface area contributed by atoms with Gasteiger partial charge in [-0.2, -0.15) is 0 Å². The molecule has 0 unspecified atom stereocenters. The fourth-order valence-corrected chi connectivity index (χ4v) is 2.44. The molecule has 1 amide bonds. The number of para-hydroxylation sites is 1. The van der Waals surface area contributed by atoms with Gasteiger partial charge in [0, 0.05) is 21.8 Å². The molecule has 0 saturated heterocycles. The molecule has 22 heavy (non-hydrogen) atoms. The van der Waals surface area contributed by atoms with Gasteiger partial charge in [-0.05, 0) is 36.4 Å². The summed E-state index contributed by atoms with van der Waals surface area (Å²) >= 11 is 1.64. The average molecular weight is 314 g/mol. The van der Waals surface area contributed by atoms with E-state index in [2.05, 4.69) is 31.4 Å². The number of hydrogen-bond donors (Lipinski definition) is 2. The minimum Gasteiger partial charge on any atom is -0.356 e. The molecule has 4 heteroatoms. The number of carbonyl (C=O) groups is 1. The SMILES string of the molecule is CC(C)(C)SCC(=O)Nc1ccc(Nc2ccccc2)cc1. The van der Waals surface area contributed by atoms with Gasteiger partial charge in [0.15, 0.2) is 0 Å². The molecule has 0 atom stereocenters. The molecule has 0 spiro atoms. The number of nitrogens with one attached hydrogen (secondary N) is 2. The largest absolute Gasteiger partial charge is 0.356 e. The van der Waals surface area contributed by atoms with Crippen molar-refractivity contribution in [1.29, 1.82) is 0 Å². The van der Waals surface area contributed by atoms with Gasteiger partial charge in [-0.25, -0.2) is 0 Å². The van der Waals surface area contributed by atoms with Crippen molar-refractivity contribution in [2.75, 3.05) is 16.4 Å². The minimum atomic E-state index is 0.0312. The molecule has 0 bridgehead atoms. The Morgan fingerprint density at radius 3 is 2.05 bits per heavy atom. The van der Waals surface area contributed by atoms with Crippen LogP contribution in [0.5, 0.6) is 0 Å². The van der Waals surface area contributed by atoms with Gasteiger partial charge in [0.2, 0.25) is 5.91 Å². The summed E-state index contributed by atoms with van der Waals surface area (Å²) in [5, 5.41) is 6.23. The van der Waals surface area contributed by atoms with E-state index in [0.717, 1.165) is 17.1 Å². The third-order valence-electron chi connectivity index (χ3n) is 2.87. The zero-order chi connectivity index (χ0) is 16.0. The molecule has 0 fully saturated rings. The molecule has 2 rings (SSSR count). The molecule has 0 aromatic heterocycles. The summed E-state index contributed by atoms with van der Waals surface area (Å²) in [6.45, 7) is 6.32. The smallest absolute Gasteiger partial charge is 0.234 e. The second kappa shape index (κ2) is 7.36. The van der Waals surface area contributed by atoms with Gasteiger partial charge in [0.25, 0.3) is 0 Å². The lowest BCUT2D eigenvalue weighted by atomic mass is 10.2. The predicted octanol–water partition coefficient (Wildman–Crippen LogP) is 4.90. The van der Waals surface area contributed by atoms with Gasteiger partial charge in [-0.1, -0.05) is 39.0 Å². The Labute approximate surface area is 136 Å². The van der Waals surface area contributed by atoms with Gasteiger partial charge < -0.3 is 10.6 Å². The molecule has 2 N–H and O–H groups in total. The molecule has 2 aromatic rings. The van der Waals surface area contributed by atoms with Crippen molar-refractivity contribution in [3.05, 3.63) is 54.6 Å². The first-order valence-corrected chi connectivity index (χ1v) is 8.27. The maximum Gasteiger partial charge on any atom is 0.234 e. The molecule has 2 aromatic carbocycles. The zero-order valence-corrected chi connectivity index (χ0v) is 14.0.